The SMILES string of the molecule is CCN1C[C@@]2(C[C@H]2COC)n2cc(C(=O)CCc3cccc(Cl)c3F)c(=O)c(O)c2C1=O. The monoisotopic (exact) mass is 462 g/mol. The van der Waals surface area contributed by atoms with Crippen LogP contribution in [0.3, 0.4) is 0 Å². The molecule has 4 rings (SSSR count). The van der Waals surface area contributed by atoms with Crippen LogP contribution in [0.2, 0.25) is 5.02 Å². The molecule has 0 bridgehead atoms. The van der Waals surface area contributed by atoms with E-state index in [4.69, 9.17) is 16.3 Å². The van der Waals surface area contributed by atoms with Crippen molar-refractivity contribution in [1.82, 2.24) is 9.47 Å². The Balaban J connectivity index is 1.71. The number of Topliss-reactive ketones (excluding diaryl/α,β-unsaturated/α-hetero) is 1. The number of pyridine rings is 1. The minimum atomic E-state index is -0.891. The molecule has 7 nitrogen and oxygen atoms in total. The van der Waals surface area contributed by atoms with E-state index >= 15 is 0 Å². The van der Waals surface area contributed by atoms with Crippen LogP contribution in [-0.4, -0.2) is 53.1 Å². The zero-order valence-corrected chi connectivity index (χ0v) is 18.6. The second-order valence-corrected chi connectivity index (χ2v) is 8.76. The van der Waals surface area contributed by atoms with E-state index < -0.39 is 34.2 Å². The van der Waals surface area contributed by atoms with Gasteiger partial charge in [0.05, 0.1) is 22.7 Å². The zero-order valence-electron chi connectivity index (χ0n) is 17.9. The minimum absolute atomic E-state index is 0.0414. The van der Waals surface area contributed by atoms with Crippen molar-refractivity contribution in [1.29, 1.82) is 0 Å². The van der Waals surface area contributed by atoms with Crippen LogP contribution in [0.15, 0.2) is 29.2 Å². The smallest absolute Gasteiger partial charge is 0.274 e. The molecule has 0 unspecified atom stereocenters. The first-order valence-electron chi connectivity index (χ1n) is 10.5. The van der Waals surface area contributed by atoms with Crippen LogP contribution < -0.4 is 5.43 Å². The molecule has 1 amide bonds. The summed E-state index contributed by atoms with van der Waals surface area (Å²) in [5.41, 5.74) is -1.47. The number of rotatable bonds is 7. The van der Waals surface area contributed by atoms with Gasteiger partial charge in [0.25, 0.3) is 5.91 Å². The fourth-order valence-corrected chi connectivity index (χ4v) is 4.83. The Morgan fingerprint density at radius 2 is 2.12 bits per heavy atom. The van der Waals surface area contributed by atoms with Crippen LogP contribution in [-0.2, 0) is 16.7 Å². The Morgan fingerprint density at radius 1 is 1.38 bits per heavy atom. The lowest BCUT2D eigenvalue weighted by Crippen LogP contribution is -2.49. The Kier molecular flexibility index (Phi) is 5.85. The minimum Gasteiger partial charge on any atom is -0.503 e. The quantitative estimate of drug-likeness (QED) is 0.639. The highest BCUT2D eigenvalue weighted by Gasteiger charge is 2.60. The van der Waals surface area contributed by atoms with Crippen molar-refractivity contribution in [2.24, 2.45) is 5.92 Å². The van der Waals surface area contributed by atoms with Crippen molar-refractivity contribution in [3.63, 3.8) is 0 Å². The molecule has 1 aliphatic heterocycles. The summed E-state index contributed by atoms with van der Waals surface area (Å²) in [5.74, 6) is -2.23. The van der Waals surface area contributed by atoms with Gasteiger partial charge in [-0.05, 0) is 31.4 Å². The van der Waals surface area contributed by atoms with Gasteiger partial charge in [-0.15, -0.1) is 0 Å². The third-order valence-corrected chi connectivity index (χ3v) is 6.81. The number of ketones is 1. The molecule has 1 saturated carbocycles. The topological polar surface area (TPSA) is 88.8 Å². The van der Waals surface area contributed by atoms with Gasteiger partial charge >= 0.3 is 0 Å². The summed E-state index contributed by atoms with van der Waals surface area (Å²) in [5, 5.41) is 10.6. The number of hydrogen-bond donors (Lipinski definition) is 1. The molecule has 0 radical (unpaired) electrons. The summed E-state index contributed by atoms with van der Waals surface area (Å²) in [4.78, 5) is 40.2. The molecule has 0 saturated heterocycles. The fourth-order valence-electron chi connectivity index (χ4n) is 4.64. The van der Waals surface area contributed by atoms with Gasteiger partial charge in [-0.3, -0.25) is 14.4 Å². The van der Waals surface area contributed by atoms with Crippen molar-refractivity contribution in [3.05, 3.63) is 62.3 Å². The van der Waals surface area contributed by atoms with Crippen LogP contribution in [0.1, 0.15) is 46.2 Å². The van der Waals surface area contributed by atoms with Gasteiger partial charge in [0.2, 0.25) is 5.43 Å². The lowest BCUT2D eigenvalue weighted by atomic mass is 10.00. The molecule has 1 aromatic carbocycles. The maximum Gasteiger partial charge on any atom is 0.274 e. The Morgan fingerprint density at radius 3 is 2.81 bits per heavy atom. The molecule has 1 spiro atoms. The second kappa shape index (κ2) is 8.33. The van der Waals surface area contributed by atoms with E-state index in [-0.39, 0.29) is 40.6 Å². The van der Waals surface area contributed by atoms with Gasteiger partial charge in [-0.25, -0.2) is 4.39 Å². The van der Waals surface area contributed by atoms with Crippen molar-refractivity contribution in [2.75, 3.05) is 26.8 Å². The number of aryl methyl sites for hydroxylation is 1. The number of fused-ring (bicyclic) bond motifs is 2. The average molecular weight is 463 g/mol. The van der Waals surface area contributed by atoms with Gasteiger partial charge in [0.1, 0.15) is 5.82 Å². The number of aromatic hydroxyl groups is 1. The first kappa shape index (κ1) is 22.5. The summed E-state index contributed by atoms with van der Waals surface area (Å²) in [7, 11) is 1.59. The van der Waals surface area contributed by atoms with Gasteiger partial charge in [0, 0.05) is 38.7 Å². The number of aromatic nitrogens is 1. The van der Waals surface area contributed by atoms with Crippen molar-refractivity contribution < 1.29 is 23.8 Å². The molecule has 1 fully saturated rings. The van der Waals surface area contributed by atoms with Crippen LogP contribution in [0.25, 0.3) is 0 Å². The Labute approximate surface area is 189 Å². The average Bonchev–Trinajstić information content (AvgIpc) is 3.46. The molecular weight excluding hydrogens is 439 g/mol. The molecule has 32 heavy (non-hydrogen) atoms. The number of carbonyl (C=O) groups excluding carboxylic acids is 2. The number of likely N-dealkylation sites (N-methyl/N-ethyl adjacent to an activating group) is 1. The van der Waals surface area contributed by atoms with Gasteiger partial charge in [-0.1, -0.05) is 23.7 Å². The number of carbonyl (C=O) groups is 2. The van der Waals surface area contributed by atoms with Crippen molar-refractivity contribution in [3.8, 4) is 5.75 Å². The lowest BCUT2D eigenvalue weighted by Gasteiger charge is -2.37. The third-order valence-electron chi connectivity index (χ3n) is 6.52. The van der Waals surface area contributed by atoms with Crippen LogP contribution in [0.4, 0.5) is 4.39 Å². The maximum atomic E-state index is 14.2. The molecule has 2 heterocycles. The van der Waals surface area contributed by atoms with E-state index in [1.54, 1.807) is 22.6 Å². The molecule has 170 valence electrons. The fraction of sp³-hybridized carbons (Fsp3) is 0.435. The highest BCUT2D eigenvalue weighted by atomic mass is 35.5. The van der Waals surface area contributed by atoms with E-state index in [1.165, 1.54) is 18.3 Å². The predicted molar refractivity (Wildman–Crippen MR) is 116 cm³/mol. The standard InChI is InChI=1S/C23H24ClFN2O5/c1-3-26-12-23(9-14(23)11-32-2)27-10-15(20(29)21(30)19(27)22(26)31)17(28)8-7-13-5-4-6-16(24)18(13)25/h4-6,10,14,30H,3,7-9,11-12H2,1-2H3/t14-,23+/m0/s1. The van der Waals surface area contributed by atoms with E-state index in [9.17, 15) is 23.9 Å². The normalized spacial score (nSPS) is 21.7. The van der Waals surface area contributed by atoms with Crippen molar-refractivity contribution in [2.45, 2.75) is 31.7 Å². The van der Waals surface area contributed by atoms with Gasteiger partial charge < -0.3 is 19.3 Å². The summed E-state index contributed by atoms with van der Waals surface area (Å²) in [6.07, 6.45) is 1.98. The number of hydrogen-bond acceptors (Lipinski definition) is 5. The third kappa shape index (κ3) is 3.51. The van der Waals surface area contributed by atoms with Crippen LogP contribution in [0.5, 0.6) is 5.75 Å². The maximum absolute atomic E-state index is 14.2. The molecule has 1 aliphatic carbocycles. The predicted octanol–water partition coefficient (Wildman–Crippen LogP) is 3.00. The van der Waals surface area contributed by atoms with E-state index in [0.717, 1.165) is 0 Å². The molecular formula is C23H24ClFN2O5. The summed E-state index contributed by atoms with van der Waals surface area (Å²) < 4.78 is 21.0. The van der Waals surface area contributed by atoms with Crippen LogP contribution >= 0.6 is 11.6 Å². The summed E-state index contributed by atoms with van der Waals surface area (Å²) in [6.45, 7) is 3.12. The molecule has 2 atom stereocenters. The highest BCUT2D eigenvalue weighted by Crippen LogP contribution is 2.54. The number of ether oxygens (including phenoxy) is 1. The van der Waals surface area contributed by atoms with Crippen molar-refractivity contribution >= 4 is 23.3 Å². The Hall–Kier alpha value is -2.71. The number of nitrogens with zero attached hydrogens (tertiary/aromatic N) is 2. The molecule has 1 N–H and O–H groups in total. The number of halogens is 2. The number of benzene rings is 1. The summed E-state index contributed by atoms with van der Waals surface area (Å²) in [6, 6.07) is 4.53. The molecule has 1 aromatic heterocycles. The molecule has 2 aromatic rings. The zero-order chi connectivity index (χ0) is 23.2. The lowest BCUT2D eigenvalue weighted by molar-refractivity contribution is 0.0622. The largest absolute Gasteiger partial charge is 0.503 e. The van der Waals surface area contributed by atoms with Gasteiger partial charge in [-0.2, -0.15) is 0 Å². The number of methoxy groups -OCH3 is 1. The van der Waals surface area contributed by atoms with E-state index in [1.807, 2.05) is 6.92 Å². The van der Waals surface area contributed by atoms with E-state index in [0.29, 0.717) is 26.1 Å². The second-order valence-electron chi connectivity index (χ2n) is 8.35. The Bertz CT molecular complexity index is 1160. The van der Waals surface area contributed by atoms with E-state index in [2.05, 4.69) is 0 Å². The number of amides is 1. The summed E-state index contributed by atoms with van der Waals surface area (Å²) >= 11 is 5.79. The first-order valence-corrected chi connectivity index (χ1v) is 10.9. The molecule has 2 aliphatic rings. The van der Waals surface area contributed by atoms with Gasteiger partial charge in [0.15, 0.2) is 17.2 Å². The molecule has 9 heteroatoms. The van der Waals surface area contributed by atoms with Crippen LogP contribution in [0, 0.1) is 11.7 Å². The highest BCUT2D eigenvalue weighted by molar-refractivity contribution is 6.30. The first-order chi connectivity index (χ1) is 15.2.